The van der Waals surface area contributed by atoms with Crippen molar-refractivity contribution in [3.63, 3.8) is 0 Å². The molecule has 0 spiro atoms. The van der Waals surface area contributed by atoms with E-state index in [2.05, 4.69) is 10.2 Å². The molecule has 1 aliphatic heterocycles. The van der Waals surface area contributed by atoms with E-state index in [-0.39, 0.29) is 24.2 Å². The summed E-state index contributed by atoms with van der Waals surface area (Å²) in [6.45, 7) is 2.07. The van der Waals surface area contributed by atoms with Gasteiger partial charge in [0.2, 0.25) is 11.8 Å². The van der Waals surface area contributed by atoms with Gasteiger partial charge in [0.15, 0.2) is 5.76 Å². The smallest absolute Gasteiger partial charge is 0.290 e. The van der Waals surface area contributed by atoms with E-state index in [0.29, 0.717) is 30.4 Å². The zero-order valence-corrected chi connectivity index (χ0v) is 14.7. The number of rotatable bonds is 5. The molecular formula is C19H19N3O5. The minimum absolute atomic E-state index is 0.121. The summed E-state index contributed by atoms with van der Waals surface area (Å²) in [4.78, 5) is 14.4. The van der Waals surface area contributed by atoms with Crippen LogP contribution in [0.15, 0.2) is 51.3 Å². The van der Waals surface area contributed by atoms with Gasteiger partial charge in [0.25, 0.3) is 11.9 Å². The molecule has 8 nitrogen and oxygen atoms in total. The van der Waals surface area contributed by atoms with Crippen molar-refractivity contribution in [2.75, 3.05) is 6.54 Å². The number of hydrogen-bond donors (Lipinski definition) is 1. The number of para-hydroxylation sites is 1. The molecule has 3 aromatic rings. The number of β-amino-alcohol motifs (C(OH)–C–C–N with tert-alkyl or cyclic N) is 1. The molecule has 1 fully saturated rings. The van der Waals surface area contributed by atoms with E-state index in [4.69, 9.17) is 13.6 Å². The quantitative estimate of drug-likeness (QED) is 0.737. The molecule has 1 aliphatic rings. The van der Waals surface area contributed by atoms with Crippen LogP contribution in [0.4, 0.5) is 0 Å². The first-order chi connectivity index (χ1) is 13.1. The first-order valence-electron chi connectivity index (χ1n) is 8.78. The maximum absolute atomic E-state index is 12.9. The number of carbonyl (C=O) groups is 1. The maximum atomic E-state index is 12.9. The van der Waals surface area contributed by atoms with Crippen molar-refractivity contribution in [1.29, 1.82) is 0 Å². The number of likely N-dealkylation sites (tertiary alicyclic amines) is 1. The highest BCUT2D eigenvalue weighted by Gasteiger charge is 2.40. The van der Waals surface area contributed by atoms with Gasteiger partial charge in [-0.05, 0) is 18.2 Å². The van der Waals surface area contributed by atoms with Gasteiger partial charge in [-0.2, -0.15) is 0 Å². The number of benzene rings is 1. The number of carbonyl (C=O) groups excluding carboxylic acids is 1. The summed E-state index contributed by atoms with van der Waals surface area (Å²) in [5, 5.41) is 18.0. The Bertz CT molecular complexity index is 920. The number of nitrogens with zero attached hydrogens (tertiary/aromatic N) is 3. The SMILES string of the molecule is CCc1nnc([C@H]2C[C@@H](O)CN2C(=O)c2ccc(Oc3ccccc3)o2)o1. The Labute approximate surface area is 155 Å². The molecule has 0 bridgehead atoms. The molecule has 1 N–H and O–H groups in total. The van der Waals surface area contributed by atoms with Gasteiger partial charge in [0.05, 0.1) is 6.10 Å². The molecule has 4 rings (SSSR count). The van der Waals surface area contributed by atoms with Gasteiger partial charge < -0.3 is 23.6 Å². The second kappa shape index (κ2) is 7.24. The van der Waals surface area contributed by atoms with E-state index in [0.717, 1.165) is 0 Å². The van der Waals surface area contributed by atoms with Gasteiger partial charge in [-0.15, -0.1) is 10.2 Å². The summed E-state index contributed by atoms with van der Waals surface area (Å²) in [6.07, 6.45) is 0.283. The van der Waals surface area contributed by atoms with Crippen LogP contribution in [0.2, 0.25) is 0 Å². The average molecular weight is 369 g/mol. The lowest BCUT2D eigenvalue weighted by molar-refractivity contribution is 0.0660. The highest BCUT2D eigenvalue weighted by molar-refractivity contribution is 5.92. The summed E-state index contributed by atoms with van der Waals surface area (Å²) < 4.78 is 16.7. The third kappa shape index (κ3) is 3.56. The standard InChI is InChI=1S/C19H19N3O5/c1-2-16-20-21-18(27-16)14-10-12(23)11-22(14)19(24)15-8-9-17(26-15)25-13-6-4-3-5-7-13/h3-9,12,14,23H,2,10-11H2,1H3/t12-,14-/m1/s1. The second-order valence-electron chi connectivity index (χ2n) is 6.28. The second-order valence-corrected chi connectivity index (χ2v) is 6.28. The summed E-state index contributed by atoms with van der Waals surface area (Å²) in [6, 6.07) is 11.8. The Morgan fingerprint density at radius 3 is 2.78 bits per heavy atom. The lowest BCUT2D eigenvalue weighted by Gasteiger charge is -2.20. The lowest BCUT2D eigenvalue weighted by Crippen LogP contribution is -2.31. The molecule has 0 radical (unpaired) electrons. The molecule has 3 heterocycles. The van der Waals surface area contributed by atoms with Crippen LogP contribution in [0.3, 0.4) is 0 Å². The molecule has 1 saturated heterocycles. The number of aliphatic hydroxyl groups excluding tert-OH is 1. The van der Waals surface area contributed by atoms with Crippen LogP contribution < -0.4 is 4.74 Å². The minimum atomic E-state index is -0.661. The van der Waals surface area contributed by atoms with Gasteiger partial charge in [0.1, 0.15) is 11.8 Å². The monoisotopic (exact) mass is 369 g/mol. The van der Waals surface area contributed by atoms with Gasteiger partial charge in [-0.1, -0.05) is 25.1 Å². The zero-order valence-electron chi connectivity index (χ0n) is 14.7. The Kier molecular flexibility index (Phi) is 4.64. The molecule has 2 atom stereocenters. The van der Waals surface area contributed by atoms with Crippen LogP contribution in [-0.2, 0) is 6.42 Å². The molecule has 0 unspecified atom stereocenters. The predicted octanol–water partition coefficient (Wildman–Crippen LogP) is 2.97. The van der Waals surface area contributed by atoms with Gasteiger partial charge in [-0.25, -0.2) is 0 Å². The third-order valence-corrected chi connectivity index (χ3v) is 4.36. The fourth-order valence-electron chi connectivity index (χ4n) is 3.05. The zero-order chi connectivity index (χ0) is 18.8. The van der Waals surface area contributed by atoms with Crippen LogP contribution in [0.1, 0.15) is 41.7 Å². The van der Waals surface area contributed by atoms with E-state index < -0.39 is 12.1 Å². The number of aliphatic hydroxyl groups is 1. The van der Waals surface area contributed by atoms with Crippen LogP contribution in [0.5, 0.6) is 11.7 Å². The lowest BCUT2D eigenvalue weighted by atomic mass is 10.2. The van der Waals surface area contributed by atoms with Crippen molar-refractivity contribution < 1.29 is 23.5 Å². The molecule has 1 aromatic carbocycles. The van der Waals surface area contributed by atoms with Crippen molar-refractivity contribution in [2.45, 2.75) is 31.9 Å². The summed E-state index contributed by atoms with van der Waals surface area (Å²) in [5.74, 6) is 1.40. The Balaban J connectivity index is 1.52. The van der Waals surface area contributed by atoms with Crippen molar-refractivity contribution in [3.8, 4) is 11.7 Å². The van der Waals surface area contributed by atoms with Gasteiger partial charge >= 0.3 is 0 Å². The van der Waals surface area contributed by atoms with Crippen LogP contribution in [-0.4, -0.2) is 38.8 Å². The van der Waals surface area contributed by atoms with Crippen LogP contribution in [0.25, 0.3) is 0 Å². The third-order valence-electron chi connectivity index (χ3n) is 4.36. The van der Waals surface area contributed by atoms with E-state index in [1.54, 1.807) is 24.3 Å². The van der Waals surface area contributed by atoms with Crippen LogP contribution >= 0.6 is 0 Å². The highest BCUT2D eigenvalue weighted by Crippen LogP contribution is 2.34. The normalized spacial score (nSPS) is 19.4. The fraction of sp³-hybridized carbons (Fsp3) is 0.316. The highest BCUT2D eigenvalue weighted by atomic mass is 16.6. The van der Waals surface area contributed by atoms with E-state index in [1.807, 2.05) is 25.1 Å². The average Bonchev–Trinajstić information content (AvgIpc) is 3.41. The van der Waals surface area contributed by atoms with Crippen molar-refractivity contribution in [2.24, 2.45) is 0 Å². The van der Waals surface area contributed by atoms with E-state index >= 15 is 0 Å². The van der Waals surface area contributed by atoms with Gasteiger partial charge in [0, 0.05) is 25.5 Å². The Hall–Kier alpha value is -3.13. The molecule has 1 amide bonds. The number of furan rings is 1. The number of hydrogen-bond acceptors (Lipinski definition) is 7. The van der Waals surface area contributed by atoms with Crippen molar-refractivity contribution in [3.05, 3.63) is 60.0 Å². The van der Waals surface area contributed by atoms with E-state index in [1.165, 1.54) is 4.90 Å². The first kappa shape index (κ1) is 17.3. The molecule has 2 aromatic heterocycles. The summed E-state index contributed by atoms with van der Waals surface area (Å²) >= 11 is 0. The number of aryl methyl sites for hydroxylation is 1. The summed E-state index contributed by atoms with van der Waals surface area (Å²) in [7, 11) is 0. The Morgan fingerprint density at radius 1 is 1.22 bits per heavy atom. The molecule has 0 saturated carbocycles. The maximum Gasteiger partial charge on any atom is 0.290 e. The number of aromatic nitrogens is 2. The van der Waals surface area contributed by atoms with Crippen LogP contribution in [0, 0.1) is 0 Å². The Morgan fingerprint density at radius 2 is 2.04 bits per heavy atom. The first-order valence-corrected chi connectivity index (χ1v) is 8.78. The van der Waals surface area contributed by atoms with Gasteiger partial charge in [-0.3, -0.25) is 4.79 Å². The fourth-order valence-corrected chi connectivity index (χ4v) is 3.05. The molecule has 140 valence electrons. The minimum Gasteiger partial charge on any atom is -0.426 e. The predicted molar refractivity (Wildman–Crippen MR) is 93.3 cm³/mol. The molecular weight excluding hydrogens is 350 g/mol. The molecule has 27 heavy (non-hydrogen) atoms. The van der Waals surface area contributed by atoms with E-state index in [9.17, 15) is 9.90 Å². The van der Waals surface area contributed by atoms with Crippen molar-refractivity contribution >= 4 is 5.91 Å². The molecule has 0 aliphatic carbocycles. The summed E-state index contributed by atoms with van der Waals surface area (Å²) in [5.41, 5.74) is 0. The largest absolute Gasteiger partial charge is 0.426 e. The number of ether oxygens (including phenoxy) is 1. The topological polar surface area (TPSA) is 102 Å². The van der Waals surface area contributed by atoms with Crippen molar-refractivity contribution in [1.82, 2.24) is 15.1 Å². The number of amides is 1. The molecule has 8 heteroatoms.